The number of nitrogens with zero attached hydrogens (tertiary/aromatic N) is 1. The Kier molecular flexibility index (Phi) is 5.70. The zero-order chi connectivity index (χ0) is 15.8. The van der Waals surface area contributed by atoms with Crippen LogP contribution >= 0.6 is 0 Å². The molecule has 0 heterocycles. The number of benzene rings is 2. The number of rotatable bonds is 7. The van der Waals surface area contributed by atoms with Crippen molar-refractivity contribution in [2.24, 2.45) is 0 Å². The van der Waals surface area contributed by atoms with Crippen LogP contribution in [0.3, 0.4) is 0 Å². The first-order chi connectivity index (χ1) is 10.6. The summed E-state index contributed by atoms with van der Waals surface area (Å²) < 4.78 is 26.8. The molecule has 0 radical (unpaired) electrons. The molecule has 0 saturated carbocycles. The van der Waals surface area contributed by atoms with E-state index in [0.717, 1.165) is 19.3 Å². The number of nitrogens with one attached hydrogen (secondary N) is 1. The van der Waals surface area contributed by atoms with Crippen LogP contribution in [0.25, 0.3) is 0 Å². The van der Waals surface area contributed by atoms with Gasteiger partial charge in [-0.1, -0.05) is 36.4 Å². The molecule has 114 valence electrons. The quantitative estimate of drug-likeness (QED) is 0.799. The lowest BCUT2D eigenvalue weighted by Gasteiger charge is -2.07. The van der Waals surface area contributed by atoms with Gasteiger partial charge >= 0.3 is 0 Å². The van der Waals surface area contributed by atoms with Crippen LogP contribution in [0.1, 0.15) is 24.0 Å². The second-order valence-corrected chi connectivity index (χ2v) is 6.75. The lowest BCUT2D eigenvalue weighted by Crippen LogP contribution is -2.24. The van der Waals surface area contributed by atoms with Gasteiger partial charge in [0.05, 0.1) is 16.5 Å². The van der Waals surface area contributed by atoms with Gasteiger partial charge in [0.1, 0.15) is 0 Å². The topological polar surface area (TPSA) is 70.0 Å². The van der Waals surface area contributed by atoms with Gasteiger partial charge in [-0.15, -0.1) is 0 Å². The molecule has 2 rings (SSSR count). The summed E-state index contributed by atoms with van der Waals surface area (Å²) >= 11 is 0. The molecule has 1 N–H and O–H groups in total. The van der Waals surface area contributed by atoms with Crippen molar-refractivity contribution in [1.82, 2.24) is 4.72 Å². The van der Waals surface area contributed by atoms with E-state index in [1.54, 1.807) is 12.1 Å². The Morgan fingerprint density at radius 1 is 1.00 bits per heavy atom. The number of sulfonamides is 1. The van der Waals surface area contributed by atoms with Crippen LogP contribution in [-0.4, -0.2) is 15.0 Å². The first-order valence-corrected chi connectivity index (χ1v) is 8.64. The number of hydrogen-bond donors (Lipinski definition) is 1. The summed E-state index contributed by atoms with van der Waals surface area (Å²) in [6.45, 7) is 0.395. The summed E-state index contributed by atoms with van der Waals surface area (Å²) in [6, 6.07) is 18.1. The van der Waals surface area contributed by atoms with Gasteiger partial charge in [0.15, 0.2) is 0 Å². The molecule has 5 heteroatoms. The van der Waals surface area contributed by atoms with E-state index in [0.29, 0.717) is 12.1 Å². The van der Waals surface area contributed by atoms with Crippen LogP contribution in [0, 0.1) is 11.3 Å². The third-order valence-electron chi connectivity index (χ3n) is 3.30. The molecule has 2 aromatic carbocycles. The second-order valence-electron chi connectivity index (χ2n) is 4.98. The Morgan fingerprint density at radius 2 is 1.77 bits per heavy atom. The highest BCUT2D eigenvalue weighted by molar-refractivity contribution is 7.89. The maximum atomic E-state index is 12.1. The highest BCUT2D eigenvalue weighted by Gasteiger charge is 2.13. The first kappa shape index (κ1) is 16.2. The Labute approximate surface area is 131 Å². The molecule has 0 saturated heterocycles. The molecule has 22 heavy (non-hydrogen) atoms. The van der Waals surface area contributed by atoms with Gasteiger partial charge in [-0.2, -0.15) is 5.26 Å². The summed E-state index contributed by atoms with van der Waals surface area (Å²) in [5.74, 6) is 0. The SMILES string of the molecule is N#Cc1cccc(S(=O)(=O)NCCCCc2ccccc2)c1. The van der Waals surface area contributed by atoms with Crippen molar-refractivity contribution in [2.45, 2.75) is 24.2 Å². The Morgan fingerprint density at radius 3 is 2.50 bits per heavy atom. The summed E-state index contributed by atoms with van der Waals surface area (Å²) in [5.41, 5.74) is 1.60. The minimum Gasteiger partial charge on any atom is -0.211 e. The average Bonchev–Trinajstić information content (AvgIpc) is 2.55. The van der Waals surface area contributed by atoms with Crippen molar-refractivity contribution < 1.29 is 8.42 Å². The lowest BCUT2D eigenvalue weighted by molar-refractivity contribution is 0.576. The van der Waals surface area contributed by atoms with Gasteiger partial charge in [-0.05, 0) is 43.0 Å². The predicted molar refractivity (Wildman–Crippen MR) is 85.7 cm³/mol. The van der Waals surface area contributed by atoms with Crippen molar-refractivity contribution in [3.8, 4) is 6.07 Å². The largest absolute Gasteiger partial charge is 0.240 e. The van der Waals surface area contributed by atoms with Gasteiger partial charge in [-0.3, -0.25) is 0 Å². The van der Waals surface area contributed by atoms with Gasteiger partial charge in [0.25, 0.3) is 0 Å². The van der Waals surface area contributed by atoms with Crippen LogP contribution in [0.5, 0.6) is 0 Å². The van der Waals surface area contributed by atoms with Gasteiger partial charge < -0.3 is 0 Å². The average molecular weight is 314 g/mol. The molecular formula is C17H18N2O2S. The second kappa shape index (κ2) is 7.74. The van der Waals surface area contributed by atoms with Crippen LogP contribution in [0.15, 0.2) is 59.5 Å². The maximum absolute atomic E-state index is 12.1. The fourth-order valence-electron chi connectivity index (χ4n) is 2.12. The smallest absolute Gasteiger partial charge is 0.211 e. The molecule has 0 atom stereocenters. The first-order valence-electron chi connectivity index (χ1n) is 7.15. The van der Waals surface area contributed by atoms with E-state index in [1.807, 2.05) is 24.3 Å². The standard InChI is InChI=1S/C17H18N2O2S/c18-14-16-10-6-11-17(13-16)22(20,21)19-12-5-4-9-15-7-2-1-3-8-15/h1-3,6-8,10-11,13,19H,4-5,9,12H2. The summed E-state index contributed by atoms with van der Waals surface area (Å²) in [5, 5.41) is 8.82. The van der Waals surface area contributed by atoms with Gasteiger partial charge in [0, 0.05) is 6.54 Å². The Balaban J connectivity index is 1.81. The summed E-state index contributed by atoms with van der Waals surface area (Å²) in [4.78, 5) is 0.134. The van der Waals surface area contributed by atoms with E-state index in [2.05, 4.69) is 16.9 Å². The van der Waals surface area contributed by atoms with E-state index in [1.165, 1.54) is 17.7 Å². The summed E-state index contributed by atoms with van der Waals surface area (Å²) in [7, 11) is -3.54. The van der Waals surface area contributed by atoms with E-state index in [-0.39, 0.29) is 4.90 Å². The number of nitriles is 1. The van der Waals surface area contributed by atoms with E-state index in [4.69, 9.17) is 5.26 Å². The zero-order valence-corrected chi connectivity index (χ0v) is 13.0. The molecule has 0 unspecified atom stereocenters. The lowest BCUT2D eigenvalue weighted by atomic mass is 10.1. The number of aryl methyl sites for hydroxylation is 1. The molecule has 0 fully saturated rings. The molecule has 0 aliphatic heterocycles. The third-order valence-corrected chi connectivity index (χ3v) is 4.76. The Hall–Kier alpha value is -2.16. The van der Waals surface area contributed by atoms with Crippen molar-refractivity contribution >= 4 is 10.0 Å². The van der Waals surface area contributed by atoms with Gasteiger partial charge in [0.2, 0.25) is 10.0 Å². The zero-order valence-electron chi connectivity index (χ0n) is 12.2. The molecule has 0 amide bonds. The maximum Gasteiger partial charge on any atom is 0.240 e. The van der Waals surface area contributed by atoms with Crippen molar-refractivity contribution in [2.75, 3.05) is 6.54 Å². The van der Waals surface area contributed by atoms with Crippen LogP contribution < -0.4 is 4.72 Å². The predicted octanol–water partition coefficient (Wildman–Crippen LogP) is 2.86. The van der Waals surface area contributed by atoms with Crippen LogP contribution in [0.2, 0.25) is 0 Å². The van der Waals surface area contributed by atoms with Crippen molar-refractivity contribution in [3.05, 3.63) is 65.7 Å². The Bertz CT molecular complexity index is 750. The third kappa shape index (κ3) is 4.69. The molecule has 4 nitrogen and oxygen atoms in total. The molecule has 0 aliphatic carbocycles. The van der Waals surface area contributed by atoms with E-state index >= 15 is 0 Å². The number of hydrogen-bond acceptors (Lipinski definition) is 3. The molecular weight excluding hydrogens is 296 g/mol. The van der Waals surface area contributed by atoms with Gasteiger partial charge in [-0.25, -0.2) is 13.1 Å². The van der Waals surface area contributed by atoms with Crippen molar-refractivity contribution in [3.63, 3.8) is 0 Å². The normalized spacial score (nSPS) is 11.0. The molecule has 0 aromatic heterocycles. The molecule has 0 aliphatic rings. The van der Waals surface area contributed by atoms with Crippen LogP contribution in [0.4, 0.5) is 0 Å². The summed E-state index contributed by atoms with van der Waals surface area (Å²) in [6.07, 6.45) is 2.63. The fraction of sp³-hybridized carbons (Fsp3) is 0.235. The molecule has 0 bridgehead atoms. The minimum atomic E-state index is -3.54. The minimum absolute atomic E-state index is 0.134. The molecule has 2 aromatic rings. The van der Waals surface area contributed by atoms with Crippen LogP contribution in [-0.2, 0) is 16.4 Å². The molecule has 0 spiro atoms. The number of unbranched alkanes of at least 4 members (excludes halogenated alkanes) is 1. The highest BCUT2D eigenvalue weighted by Crippen LogP contribution is 2.11. The monoisotopic (exact) mass is 314 g/mol. The van der Waals surface area contributed by atoms with Crippen molar-refractivity contribution in [1.29, 1.82) is 5.26 Å². The fourth-order valence-corrected chi connectivity index (χ4v) is 3.24. The van der Waals surface area contributed by atoms with E-state index in [9.17, 15) is 8.42 Å². The highest BCUT2D eigenvalue weighted by atomic mass is 32.2. The van der Waals surface area contributed by atoms with E-state index < -0.39 is 10.0 Å².